The molecule has 0 saturated heterocycles. The summed E-state index contributed by atoms with van der Waals surface area (Å²) in [6.07, 6.45) is 1.64. The number of carbonyl (C=O) groups is 1. The number of alkyl halides is 3. The summed E-state index contributed by atoms with van der Waals surface area (Å²) < 4.78 is 48.7. The maximum atomic E-state index is 12.8. The second kappa shape index (κ2) is 11.7. The molecule has 2 aromatic heterocycles. The fourth-order valence-corrected chi connectivity index (χ4v) is 5.21. The Hall–Kier alpha value is -2.49. The van der Waals surface area contributed by atoms with Crippen LogP contribution in [0.15, 0.2) is 16.5 Å². The number of carbonyl (C=O) groups excluding carboxylic acids is 1. The van der Waals surface area contributed by atoms with Crippen LogP contribution in [-0.4, -0.2) is 57.8 Å². The molecule has 1 atom stereocenters. The quantitative estimate of drug-likeness (QED) is 0.476. The smallest absolute Gasteiger partial charge is 0.425 e. The van der Waals surface area contributed by atoms with Crippen molar-refractivity contribution in [1.29, 1.82) is 0 Å². The monoisotopic (exact) mass is 508 g/mol. The zero-order chi connectivity index (χ0) is 25.7. The second-order valence-electron chi connectivity index (χ2n) is 10.2. The Morgan fingerprint density at radius 1 is 1.14 bits per heavy atom. The van der Waals surface area contributed by atoms with Crippen molar-refractivity contribution < 1.29 is 27.1 Å². The van der Waals surface area contributed by atoms with Crippen LogP contribution in [0.1, 0.15) is 68.5 Å². The van der Waals surface area contributed by atoms with Gasteiger partial charge in [0.05, 0.1) is 6.42 Å². The molecule has 0 N–H and O–H groups in total. The van der Waals surface area contributed by atoms with Crippen LogP contribution in [-0.2, 0) is 24.1 Å². The third kappa shape index (κ3) is 7.51. The summed E-state index contributed by atoms with van der Waals surface area (Å²) >= 11 is 0. The number of nitrogens with zero attached hydrogens (tertiary/aromatic N) is 4. The summed E-state index contributed by atoms with van der Waals surface area (Å²) in [6, 6.07) is 3.40. The lowest BCUT2D eigenvalue weighted by Crippen LogP contribution is -2.31. The van der Waals surface area contributed by atoms with Crippen LogP contribution in [0.4, 0.5) is 13.2 Å². The van der Waals surface area contributed by atoms with Crippen LogP contribution in [0.5, 0.6) is 5.88 Å². The Balaban J connectivity index is 1.17. The molecular formula is C26H35F3N4O3. The van der Waals surface area contributed by atoms with Gasteiger partial charge in [-0.25, -0.2) is 4.98 Å². The highest BCUT2D eigenvalue weighted by Crippen LogP contribution is 2.33. The minimum atomic E-state index is -4.41. The molecular weight excluding hydrogens is 473 g/mol. The molecule has 0 bridgehead atoms. The molecule has 2 aromatic rings. The lowest BCUT2D eigenvalue weighted by Gasteiger charge is -2.30. The van der Waals surface area contributed by atoms with Gasteiger partial charge in [0.1, 0.15) is 5.78 Å². The van der Waals surface area contributed by atoms with Crippen molar-refractivity contribution in [3.63, 3.8) is 0 Å². The van der Waals surface area contributed by atoms with Gasteiger partial charge in [0.15, 0.2) is 6.10 Å². The van der Waals surface area contributed by atoms with Crippen molar-refractivity contribution in [3.8, 4) is 5.88 Å². The first-order valence-electron chi connectivity index (χ1n) is 12.9. The van der Waals surface area contributed by atoms with E-state index in [4.69, 9.17) is 9.15 Å². The molecule has 0 aromatic carbocycles. The summed E-state index contributed by atoms with van der Waals surface area (Å²) in [5, 5.41) is 7.69. The Bertz CT molecular complexity index is 1020. The molecule has 2 aliphatic rings. The van der Waals surface area contributed by atoms with Crippen LogP contribution in [0.25, 0.3) is 0 Å². The number of ketones is 1. The lowest BCUT2D eigenvalue weighted by molar-refractivity contribution is -0.190. The topological polar surface area (TPSA) is 81.4 Å². The Morgan fingerprint density at radius 3 is 2.56 bits per heavy atom. The summed E-state index contributed by atoms with van der Waals surface area (Å²) in [4.78, 5) is 19.2. The van der Waals surface area contributed by atoms with Crippen molar-refractivity contribution in [3.05, 3.63) is 35.2 Å². The first-order chi connectivity index (χ1) is 17.2. The van der Waals surface area contributed by atoms with E-state index < -0.39 is 12.3 Å². The van der Waals surface area contributed by atoms with Gasteiger partial charge in [0.25, 0.3) is 0 Å². The molecule has 0 amide bonds. The van der Waals surface area contributed by atoms with E-state index in [1.165, 1.54) is 0 Å². The van der Waals surface area contributed by atoms with Gasteiger partial charge in [-0.3, -0.25) is 4.79 Å². The molecule has 1 saturated carbocycles. The first kappa shape index (κ1) is 26.6. The average molecular weight is 509 g/mol. The zero-order valence-corrected chi connectivity index (χ0v) is 21.0. The number of ether oxygens (including phenoxy) is 1. The van der Waals surface area contributed by atoms with Gasteiger partial charge < -0.3 is 14.1 Å². The minimum Gasteiger partial charge on any atom is -0.465 e. The van der Waals surface area contributed by atoms with Crippen LogP contribution in [0, 0.1) is 18.8 Å². The van der Waals surface area contributed by atoms with Gasteiger partial charge in [-0.2, -0.15) is 13.2 Å². The van der Waals surface area contributed by atoms with E-state index in [1.807, 2.05) is 6.07 Å². The molecule has 1 aliphatic carbocycles. The number of hydrogen-bond acceptors (Lipinski definition) is 7. The van der Waals surface area contributed by atoms with E-state index in [0.717, 1.165) is 76.3 Å². The van der Waals surface area contributed by atoms with Crippen molar-refractivity contribution in [2.24, 2.45) is 11.8 Å². The number of pyridine rings is 1. The van der Waals surface area contributed by atoms with Gasteiger partial charge in [0, 0.05) is 44.6 Å². The van der Waals surface area contributed by atoms with Gasteiger partial charge in [-0.15, -0.1) is 10.2 Å². The van der Waals surface area contributed by atoms with E-state index in [1.54, 1.807) is 13.0 Å². The number of halogens is 3. The molecule has 1 fully saturated rings. The molecule has 0 radical (unpaired) electrons. The third-order valence-electron chi connectivity index (χ3n) is 7.42. The predicted octanol–water partition coefficient (Wildman–Crippen LogP) is 4.90. The number of fused-ring (bicyclic) bond motifs is 1. The molecule has 4 rings (SSSR count). The van der Waals surface area contributed by atoms with E-state index in [9.17, 15) is 18.0 Å². The van der Waals surface area contributed by atoms with Crippen molar-refractivity contribution in [2.75, 3.05) is 19.6 Å². The van der Waals surface area contributed by atoms with Crippen molar-refractivity contribution >= 4 is 5.78 Å². The average Bonchev–Trinajstić information content (AvgIpc) is 3.12. The molecule has 7 nitrogen and oxygen atoms in total. The van der Waals surface area contributed by atoms with Gasteiger partial charge in [-0.1, -0.05) is 18.9 Å². The van der Waals surface area contributed by atoms with Crippen LogP contribution < -0.4 is 4.74 Å². The van der Waals surface area contributed by atoms with Gasteiger partial charge >= 0.3 is 6.18 Å². The third-order valence-corrected chi connectivity index (χ3v) is 7.42. The fraction of sp³-hybridized carbons (Fsp3) is 0.692. The Kier molecular flexibility index (Phi) is 8.64. The van der Waals surface area contributed by atoms with Gasteiger partial charge in [-0.05, 0) is 56.6 Å². The highest BCUT2D eigenvalue weighted by atomic mass is 19.4. The highest BCUT2D eigenvalue weighted by Gasteiger charge is 2.38. The minimum absolute atomic E-state index is 0.0365. The van der Waals surface area contributed by atoms with Gasteiger partial charge in [0.2, 0.25) is 17.7 Å². The number of Topliss-reactive ketones (excluding diaryl/α,β-unsaturated/α-hetero) is 1. The maximum Gasteiger partial charge on any atom is 0.425 e. The predicted molar refractivity (Wildman–Crippen MR) is 127 cm³/mol. The molecule has 0 unspecified atom stereocenters. The maximum absolute atomic E-state index is 12.8. The standard InChI is InChI=1S/C26H35F3N4O3/c1-17(26(27,28)29)35-24-8-7-21-10-13-33(14-11-23(21)30-24)12-9-19-3-5-20(6-4-19)15-22(34)16-25-32-31-18(2)36-25/h7-8,17,19-20H,3-6,9-16H2,1-2H3/t17-,19?,20?/m0/s1. The van der Waals surface area contributed by atoms with E-state index in [0.29, 0.717) is 36.5 Å². The lowest BCUT2D eigenvalue weighted by atomic mass is 9.78. The van der Waals surface area contributed by atoms with E-state index in [2.05, 4.69) is 20.1 Å². The fourth-order valence-electron chi connectivity index (χ4n) is 5.21. The molecule has 10 heteroatoms. The molecule has 3 heterocycles. The Morgan fingerprint density at radius 2 is 1.86 bits per heavy atom. The van der Waals surface area contributed by atoms with Crippen molar-refractivity contribution in [2.45, 2.75) is 83.9 Å². The number of rotatable bonds is 9. The number of aryl methyl sites for hydroxylation is 1. The summed E-state index contributed by atoms with van der Waals surface area (Å²) in [5.41, 5.74) is 1.93. The molecule has 1 aliphatic heterocycles. The van der Waals surface area contributed by atoms with Crippen molar-refractivity contribution in [1.82, 2.24) is 20.1 Å². The van der Waals surface area contributed by atoms with Crippen LogP contribution in [0.2, 0.25) is 0 Å². The zero-order valence-electron chi connectivity index (χ0n) is 21.0. The molecule has 198 valence electrons. The molecule has 0 spiro atoms. The normalized spacial score (nSPS) is 22.0. The molecule has 36 heavy (non-hydrogen) atoms. The Labute approximate surface area is 209 Å². The van der Waals surface area contributed by atoms with E-state index >= 15 is 0 Å². The first-order valence-corrected chi connectivity index (χ1v) is 12.9. The number of aromatic nitrogens is 3. The summed E-state index contributed by atoms with van der Waals surface area (Å²) in [6.45, 7) is 5.49. The highest BCUT2D eigenvalue weighted by molar-refractivity contribution is 5.80. The van der Waals surface area contributed by atoms with Crippen LogP contribution >= 0.6 is 0 Å². The number of hydrogen-bond donors (Lipinski definition) is 0. The summed E-state index contributed by atoms with van der Waals surface area (Å²) in [7, 11) is 0. The van der Waals surface area contributed by atoms with E-state index in [-0.39, 0.29) is 18.1 Å². The SMILES string of the molecule is Cc1nnc(CC(=O)CC2CCC(CCN3CCc4ccc(O[C@@H](C)C(F)(F)F)nc4CC3)CC2)o1. The second-order valence-corrected chi connectivity index (χ2v) is 10.2. The summed E-state index contributed by atoms with van der Waals surface area (Å²) in [5.74, 6) is 2.20. The van der Waals surface area contributed by atoms with Crippen LogP contribution in [0.3, 0.4) is 0 Å². The largest absolute Gasteiger partial charge is 0.465 e.